The van der Waals surface area contributed by atoms with Crippen LogP contribution in [0.2, 0.25) is 0 Å². The summed E-state index contributed by atoms with van der Waals surface area (Å²) >= 11 is 0. The molecule has 3 aromatic rings. The molecule has 0 unspecified atom stereocenters. The number of aromatic nitrogens is 1. The number of hydrogen-bond donors (Lipinski definition) is 1. The third-order valence-electron chi connectivity index (χ3n) is 4.07. The molecule has 0 saturated heterocycles. The van der Waals surface area contributed by atoms with Crippen LogP contribution in [0, 0.1) is 5.82 Å². The lowest BCUT2D eigenvalue weighted by Gasteiger charge is -2.17. The van der Waals surface area contributed by atoms with E-state index in [1.54, 1.807) is 4.57 Å². The number of nitrogens with zero attached hydrogens (tertiary/aromatic N) is 2. The fraction of sp³-hybridized carbons (Fsp3) is 0.100. The largest absolute Gasteiger partial charge is 0.477 e. The fourth-order valence-corrected chi connectivity index (χ4v) is 2.66. The molecule has 0 fully saturated rings. The molecule has 1 N–H and O–H groups in total. The molecule has 0 radical (unpaired) electrons. The van der Waals surface area contributed by atoms with E-state index in [-0.39, 0.29) is 5.56 Å². The summed E-state index contributed by atoms with van der Waals surface area (Å²) in [6.07, 6.45) is 1.27. The van der Waals surface area contributed by atoms with Crippen molar-refractivity contribution in [2.75, 3.05) is 19.0 Å². The van der Waals surface area contributed by atoms with Crippen LogP contribution in [0.15, 0.2) is 65.6 Å². The molecule has 0 aliphatic carbocycles. The van der Waals surface area contributed by atoms with Gasteiger partial charge in [0.05, 0.1) is 5.69 Å². The Labute approximate surface area is 149 Å². The van der Waals surface area contributed by atoms with Crippen LogP contribution in [0.4, 0.5) is 10.1 Å². The minimum Gasteiger partial charge on any atom is -0.477 e. The number of carbonyl (C=O) groups is 1. The number of carboxylic acids is 1. The number of hydrogen-bond acceptors (Lipinski definition) is 3. The number of aromatic carboxylic acids is 1. The molecule has 0 spiro atoms. The number of pyridine rings is 1. The van der Waals surface area contributed by atoms with Crippen LogP contribution in [0.1, 0.15) is 10.4 Å². The summed E-state index contributed by atoms with van der Waals surface area (Å²) in [5.41, 5.74) is 1.89. The van der Waals surface area contributed by atoms with Crippen LogP contribution in [0.25, 0.3) is 16.9 Å². The summed E-state index contributed by atoms with van der Waals surface area (Å²) in [6, 6.07) is 14.4. The maximum Gasteiger partial charge on any atom is 0.341 e. The topological polar surface area (TPSA) is 62.5 Å². The van der Waals surface area contributed by atoms with E-state index in [0.717, 1.165) is 11.3 Å². The molecule has 1 heterocycles. The second kappa shape index (κ2) is 6.84. The van der Waals surface area contributed by atoms with Crippen molar-refractivity contribution in [3.8, 4) is 16.9 Å². The van der Waals surface area contributed by atoms with E-state index < -0.39 is 17.2 Å². The van der Waals surface area contributed by atoms with Gasteiger partial charge >= 0.3 is 5.97 Å². The van der Waals surface area contributed by atoms with Crippen molar-refractivity contribution in [1.29, 1.82) is 0 Å². The quantitative estimate of drug-likeness (QED) is 0.782. The fourth-order valence-electron chi connectivity index (χ4n) is 2.66. The summed E-state index contributed by atoms with van der Waals surface area (Å²) in [5, 5.41) is 9.26. The maximum atomic E-state index is 13.3. The third kappa shape index (κ3) is 3.35. The van der Waals surface area contributed by atoms with Crippen molar-refractivity contribution in [2.24, 2.45) is 0 Å². The molecule has 0 aliphatic rings. The Morgan fingerprint density at radius 1 is 1.04 bits per heavy atom. The molecule has 0 atom stereocenters. The molecule has 0 saturated carbocycles. The molecule has 0 aliphatic heterocycles. The lowest BCUT2D eigenvalue weighted by Crippen LogP contribution is -2.18. The van der Waals surface area contributed by atoms with Gasteiger partial charge in [-0.05, 0) is 42.0 Å². The molecule has 0 bridgehead atoms. The van der Waals surface area contributed by atoms with Crippen molar-refractivity contribution in [1.82, 2.24) is 4.57 Å². The van der Waals surface area contributed by atoms with E-state index in [4.69, 9.17) is 0 Å². The Hall–Kier alpha value is -3.41. The highest BCUT2D eigenvalue weighted by Crippen LogP contribution is 2.25. The SMILES string of the molecule is CN(C)c1ccc(-c2cc(=O)c(C(=O)O)cn2-c2ccc(F)cc2)cc1. The monoisotopic (exact) mass is 352 g/mol. The number of carboxylic acid groups (broad SMARTS) is 1. The van der Waals surface area contributed by atoms with Crippen LogP contribution in [-0.2, 0) is 0 Å². The number of rotatable bonds is 4. The Kier molecular flexibility index (Phi) is 4.58. The number of halogens is 1. The van der Waals surface area contributed by atoms with E-state index in [9.17, 15) is 19.1 Å². The Balaban J connectivity index is 2.23. The summed E-state index contributed by atoms with van der Waals surface area (Å²) < 4.78 is 14.8. The van der Waals surface area contributed by atoms with Gasteiger partial charge in [-0.2, -0.15) is 0 Å². The summed E-state index contributed by atoms with van der Waals surface area (Å²) in [5.74, 6) is -1.70. The predicted octanol–water partition coefficient (Wildman–Crippen LogP) is 3.41. The highest BCUT2D eigenvalue weighted by atomic mass is 19.1. The second-order valence-corrected chi connectivity index (χ2v) is 6.03. The molecular formula is C20H17FN2O3. The summed E-state index contributed by atoms with van der Waals surface area (Å²) in [4.78, 5) is 25.5. The van der Waals surface area contributed by atoms with Crippen LogP contribution in [0.3, 0.4) is 0 Å². The van der Waals surface area contributed by atoms with Crippen molar-refractivity contribution in [3.05, 3.63) is 82.4 Å². The van der Waals surface area contributed by atoms with Gasteiger partial charge in [0, 0.05) is 37.7 Å². The van der Waals surface area contributed by atoms with Crippen LogP contribution >= 0.6 is 0 Å². The first kappa shape index (κ1) is 17.4. The van der Waals surface area contributed by atoms with E-state index >= 15 is 0 Å². The zero-order valence-electron chi connectivity index (χ0n) is 14.3. The zero-order valence-corrected chi connectivity index (χ0v) is 14.3. The minimum atomic E-state index is -1.31. The lowest BCUT2D eigenvalue weighted by atomic mass is 10.1. The molecule has 3 rings (SSSR count). The molecular weight excluding hydrogens is 335 g/mol. The standard InChI is InChI=1S/C20H17FN2O3/c1-22(2)15-7-3-13(4-8-15)18-11-19(24)17(20(25)26)12-23(18)16-9-5-14(21)6-10-16/h3-12H,1-2H3,(H,25,26). The van der Waals surface area contributed by atoms with Crippen molar-refractivity contribution < 1.29 is 14.3 Å². The molecule has 26 heavy (non-hydrogen) atoms. The van der Waals surface area contributed by atoms with E-state index in [1.807, 2.05) is 43.3 Å². The van der Waals surface area contributed by atoms with Crippen LogP contribution in [0.5, 0.6) is 0 Å². The first-order chi connectivity index (χ1) is 12.4. The van der Waals surface area contributed by atoms with Gasteiger partial charge in [0.25, 0.3) is 0 Å². The summed E-state index contributed by atoms with van der Waals surface area (Å²) in [6.45, 7) is 0. The van der Waals surface area contributed by atoms with Crippen LogP contribution < -0.4 is 10.3 Å². The van der Waals surface area contributed by atoms with Gasteiger partial charge in [0.1, 0.15) is 11.4 Å². The average Bonchev–Trinajstić information content (AvgIpc) is 2.62. The van der Waals surface area contributed by atoms with Gasteiger partial charge in [-0.15, -0.1) is 0 Å². The van der Waals surface area contributed by atoms with Gasteiger partial charge in [-0.25, -0.2) is 9.18 Å². The van der Waals surface area contributed by atoms with Crippen molar-refractivity contribution in [3.63, 3.8) is 0 Å². The second-order valence-electron chi connectivity index (χ2n) is 6.03. The first-order valence-corrected chi connectivity index (χ1v) is 7.90. The van der Waals surface area contributed by atoms with Crippen LogP contribution in [-0.4, -0.2) is 29.7 Å². The van der Waals surface area contributed by atoms with Gasteiger partial charge in [-0.1, -0.05) is 12.1 Å². The first-order valence-electron chi connectivity index (χ1n) is 7.90. The van der Waals surface area contributed by atoms with Crippen molar-refractivity contribution in [2.45, 2.75) is 0 Å². The highest BCUT2D eigenvalue weighted by molar-refractivity contribution is 5.87. The molecule has 0 amide bonds. The minimum absolute atomic E-state index is 0.344. The number of anilines is 1. The normalized spacial score (nSPS) is 10.6. The number of benzene rings is 2. The van der Waals surface area contributed by atoms with E-state index in [0.29, 0.717) is 11.4 Å². The predicted molar refractivity (Wildman–Crippen MR) is 98.7 cm³/mol. The average molecular weight is 352 g/mol. The zero-order chi connectivity index (χ0) is 18.8. The molecule has 132 valence electrons. The Morgan fingerprint density at radius 2 is 1.65 bits per heavy atom. The molecule has 5 nitrogen and oxygen atoms in total. The Bertz CT molecular complexity index is 1010. The van der Waals surface area contributed by atoms with Gasteiger partial charge in [0.2, 0.25) is 0 Å². The molecule has 2 aromatic carbocycles. The lowest BCUT2D eigenvalue weighted by molar-refractivity contribution is 0.0695. The van der Waals surface area contributed by atoms with Crippen molar-refractivity contribution >= 4 is 11.7 Å². The van der Waals surface area contributed by atoms with E-state index in [2.05, 4.69) is 0 Å². The van der Waals surface area contributed by atoms with Gasteiger partial charge < -0.3 is 14.6 Å². The summed E-state index contributed by atoms with van der Waals surface area (Å²) in [7, 11) is 3.84. The molecule has 6 heteroatoms. The van der Waals surface area contributed by atoms with Gasteiger partial charge in [0.15, 0.2) is 5.43 Å². The highest BCUT2D eigenvalue weighted by Gasteiger charge is 2.15. The molecule has 1 aromatic heterocycles. The maximum absolute atomic E-state index is 13.3. The van der Waals surface area contributed by atoms with Gasteiger partial charge in [-0.3, -0.25) is 4.79 Å². The smallest absolute Gasteiger partial charge is 0.341 e. The Morgan fingerprint density at radius 3 is 2.19 bits per heavy atom. The third-order valence-corrected chi connectivity index (χ3v) is 4.07. The van der Waals surface area contributed by atoms with E-state index in [1.165, 1.54) is 36.5 Å².